The van der Waals surface area contributed by atoms with Crippen LogP contribution in [0.25, 0.3) is 0 Å². The lowest BCUT2D eigenvalue weighted by Gasteiger charge is -2.11. The fourth-order valence-electron chi connectivity index (χ4n) is 3.91. The third kappa shape index (κ3) is 4.54. The minimum absolute atomic E-state index is 0.123. The highest BCUT2D eigenvalue weighted by Crippen LogP contribution is 2.34. The number of fused-ring (bicyclic) bond motifs is 4. The normalized spacial score (nSPS) is 13.2. The van der Waals surface area contributed by atoms with Crippen LogP contribution in [-0.2, 0) is 25.7 Å². The number of rotatable bonds is 0. The van der Waals surface area contributed by atoms with Crippen molar-refractivity contribution in [2.45, 2.75) is 25.7 Å². The largest absolute Gasteiger partial charge is 0.504 e. The summed E-state index contributed by atoms with van der Waals surface area (Å²) in [6.07, 6.45) is 3.27. The number of hydrogen-bond acceptors (Lipinski definition) is 4. The molecule has 0 fully saturated rings. The number of phenolic OH excluding ortho intramolecular Hbond substituents is 2. The molecule has 6 rings (SSSR count). The molecule has 2 heterocycles. The first-order valence-corrected chi connectivity index (χ1v) is 10.8. The molecule has 2 N–H and O–H groups in total. The van der Waals surface area contributed by atoms with E-state index in [0.29, 0.717) is 23.0 Å². The average molecular weight is 424 g/mol. The second kappa shape index (κ2) is 8.67. The molecular formula is C28H24O4. The van der Waals surface area contributed by atoms with Crippen LogP contribution >= 0.6 is 0 Å². The molecule has 2 aliphatic rings. The van der Waals surface area contributed by atoms with Crippen molar-refractivity contribution in [1.82, 2.24) is 0 Å². The summed E-state index contributed by atoms with van der Waals surface area (Å²) < 4.78 is 12.0. The van der Waals surface area contributed by atoms with Crippen LogP contribution in [0, 0.1) is 0 Å². The van der Waals surface area contributed by atoms with Crippen LogP contribution in [0.2, 0.25) is 0 Å². The number of hydrogen-bond donors (Lipinski definition) is 2. The van der Waals surface area contributed by atoms with Gasteiger partial charge in [-0.25, -0.2) is 0 Å². The van der Waals surface area contributed by atoms with E-state index in [1.165, 1.54) is 5.56 Å². The van der Waals surface area contributed by atoms with Crippen molar-refractivity contribution in [3.8, 4) is 34.5 Å². The Bertz CT molecular complexity index is 1240. The Morgan fingerprint density at radius 3 is 1.59 bits per heavy atom. The number of benzene rings is 4. The van der Waals surface area contributed by atoms with Crippen LogP contribution in [0.1, 0.15) is 22.3 Å². The summed E-state index contributed by atoms with van der Waals surface area (Å²) in [6.45, 7) is 0. The van der Waals surface area contributed by atoms with E-state index in [9.17, 15) is 10.2 Å². The van der Waals surface area contributed by atoms with E-state index in [2.05, 4.69) is 6.07 Å². The summed E-state index contributed by atoms with van der Waals surface area (Å²) >= 11 is 0. The van der Waals surface area contributed by atoms with Gasteiger partial charge in [-0.2, -0.15) is 0 Å². The van der Waals surface area contributed by atoms with Gasteiger partial charge in [-0.3, -0.25) is 0 Å². The zero-order valence-corrected chi connectivity index (χ0v) is 17.6. The molecule has 4 heteroatoms. The number of aromatic hydroxyl groups is 2. The Morgan fingerprint density at radius 1 is 0.469 bits per heavy atom. The molecule has 0 saturated heterocycles. The van der Waals surface area contributed by atoms with Crippen LogP contribution in [0.4, 0.5) is 0 Å². The van der Waals surface area contributed by atoms with Gasteiger partial charge in [-0.05, 0) is 96.5 Å². The molecule has 0 unspecified atom stereocenters. The van der Waals surface area contributed by atoms with Crippen molar-refractivity contribution in [3.63, 3.8) is 0 Å². The summed E-state index contributed by atoms with van der Waals surface area (Å²) in [5, 5.41) is 20.6. The van der Waals surface area contributed by atoms with Gasteiger partial charge in [-0.1, -0.05) is 36.4 Å². The van der Waals surface area contributed by atoms with E-state index in [4.69, 9.17) is 9.47 Å². The van der Waals surface area contributed by atoms with Crippen molar-refractivity contribution in [2.75, 3.05) is 0 Å². The Labute approximate surface area is 187 Å². The molecular weight excluding hydrogens is 400 g/mol. The summed E-state index contributed by atoms with van der Waals surface area (Å²) in [5.41, 5.74) is 4.47. The molecule has 4 nitrogen and oxygen atoms in total. The molecule has 8 bridgehead atoms. The Kier molecular flexibility index (Phi) is 5.42. The maximum Gasteiger partial charge on any atom is 0.169 e. The molecule has 0 atom stereocenters. The van der Waals surface area contributed by atoms with Gasteiger partial charge in [0.05, 0.1) is 0 Å². The SMILES string of the molecule is Oc1ccc2cc1Oc1ccc(cc1)CCc1ccc(O)c(c1)Oc1cccc(c1)CC2. The predicted molar refractivity (Wildman–Crippen MR) is 124 cm³/mol. The Balaban J connectivity index is 1.51. The van der Waals surface area contributed by atoms with Crippen molar-refractivity contribution >= 4 is 0 Å². The number of phenols is 2. The predicted octanol–water partition coefficient (Wildman–Crippen LogP) is 6.57. The van der Waals surface area contributed by atoms with E-state index in [1.807, 2.05) is 66.7 Å². The maximum atomic E-state index is 10.3. The van der Waals surface area contributed by atoms with Crippen molar-refractivity contribution in [1.29, 1.82) is 0 Å². The van der Waals surface area contributed by atoms with Crippen molar-refractivity contribution in [2.24, 2.45) is 0 Å². The third-order valence-corrected chi connectivity index (χ3v) is 5.73. The first-order chi connectivity index (χ1) is 15.6. The fourth-order valence-corrected chi connectivity index (χ4v) is 3.91. The smallest absolute Gasteiger partial charge is 0.169 e. The minimum atomic E-state index is 0.123. The van der Waals surface area contributed by atoms with Crippen LogP contribution in [0.3, 0.4) is 0 Å². The topological polar surface area (TPSA) is 58.9 Å². The minimum Gasteiger partial charge on any atom is -0.504 e. The van der Waals surface area contributed by atoms with Crippen molar-refractivity contribution < 1.29 is 19.7 Å². The van der Waals surface area contributed by atoms with Gasteiger partial charge in [0.1, 0.15) is 11.5 Å². The lowest BCUT2D eigenvalue weighted by atomic mass is 10.0. The van der Waals surface area contributed by atoms with Crippen LogP contribution in [-0.4, -0.2) is 10.2 Å². The second-order valence-electron chi connectivity index (χ2n) is 8.10. The first-order valence-electron chi connectivity index (χ1n) is 10.8. The lowest BCUT2D eigenvalue weighted by Crippen LogP contribution is -1.94. The van der Waals surface area contributed by atoms with Gasteiger partial charge in [0, 0.05) is 0 Å². The highest BCUT2D eigenvalue weighted by molar-refractivity contribution is 5.47. The zero-order valence-electron chi connectivity index (χ0n) is 17.6. The molecule has 0 amide bonds. The summed E-state index contributed by atoms with van der Waals surface area (Å²) in [4.78, 5) is 0. The van der Waals surface area contributed by atoms with E-state index >= 15 is 0 Å². The lowest BCUT2D eigenvalue weighted by molar-refractivity contribution is 0.410. The standard InChI is InChI=1S/C28H24O4/c29-25-14-11-22-7-6-20-2-1-3-24(16-20)32-28-18-21(10-15-26(28)30)5-4-19-8-12-23(13-9-19)31-27(25)17-22/h1-3,8-18,29-30H,4-7H2. The molecule has 0 radical (unpaired) electrons. The van der Waals surface area contributed by atoms with Gasteiger partial charge in [0.2, 0.25) is 0 Å². The van der Waals surface area contributed by atoms with Gasteiger partial charge < -0.3 is 19.7 Å². The number of ether oxygens (including phenoxy) is 2. The van der Waals surface area contributed by atoms with Crippen molar-refractivity contribution in [3.05, 3.63) is 107 Å². The van der Waals surface area contributed by atoms with E-state index in [-0.39, 0.29) is 11.5 Å². The Morgan fingerprint density at radius 2 is 0.969 bits per heavy atom. The molecule has 4 aromatic carbocycles. The zero-order chi connectivity index (χ0) is 21.9. The highest BCUT2D eigenvalue weighted by Gasteiger charge is 2.10. The first kappa shape index (κ1) is 20.0. The van der Waals surface area contributed by atoms with Gasteiger partial charge in [0.25, 0.3) is 0 Å². The average Bonchev–Trinajstić information content (AvgIpc) is 2.81. The van der Waals surface area contributed by atoms with Crippen LogP contribution in [0.5, 0.6) is 34.5 Å². The third-order valence-electron chi connectivity index (χ3n) is 5.73. The quantitative estimate of drug-likeness (QED) is 0.335. The van der Waals surface area contributed by atoms with Gasteiger partial charge >= 0.3 is 0 Å². The molecule has 2 aliphatic heterocycles. The molecule has 32 heavy (non-hydrogen) atoms. The summed E-state index contributed by atoms with van der Waals surface area (Å²) in [5.74, 6) is 2.55. The maximum absolute atomic E-state index is 10.3. The van der Waals surface area contributed by atoms with Crippen LogP contribution < -0.4 is 9.47 Å². The van der Waals surface area contributed by atoms with E-state index in [0.717, 1.165) is 42.4 Å². The highest BCUT2D eigenvalue weighted by atomic mass is 16.5. The monoisotopic (exact) mass is 424 g/mol. The molecule has 4 aromatic rings. The van der Waals surface area contributed by atoms with Gasteiger partial charge in [0.15, 0.2) is 23.0 Å². The molecule has 0 spiro atoms. The molecule has 0 aromatic heterocycles. The fraction of sp³-hybridized carbons (Fsp3) is 0.143. The molecule has 160 valence electrons. The van der Waals surface area contributed by atoms with Crippen LogP contribution in [0.15, 0.2) is 84.9 Å². The second-order valence-corrected chi connectivity index (χ2v) is 8.10. The summed E-state index contributed by atoms with van der Waals surface area (Å²) in [7, 11) is 0. The molecule has 0 saturated carbocycles. The molecule has 0 aliphatic carbocycles. The van der Waals surface area contributed by atoms with E-state index < -0.39 is 0 Å². The van der Waals surface area contributed by atoms with E-state index in [1.54, 1.807) is 12.1 Å². The Hall–Kier alpha value is -3.92. The number of aryl methyl sites for hydroxylation is 4. The summed E-state index contributed by atoms with van der Waals surface area (Å²) in [6, 6.07) is 26.8. The van der Waals surface area contributed by atoms with Gasteiger partial charge in [-0.15, -0.1) is 0 Å².